The Morgan fingerprint density at radius 2 is 1.74 bits per heavy atom. The molecule has 0 spiro atoms. The Kier molecular flexibility index (Phi) is 5.87. The molecule has 1 unspecified atom stereocenters. The van der Waals surface area contributed by atoms with Crippen LogP contribution >= 0.6 is 11.6 Å². The third-order valence-electron chi connectivity index (χ3n) is 3.31. The average molecular weight is 303 g/mol. The van der Waals surface area contributed by atoms with Gasteiger partial charge in [-0.25, -0.2) is 8.42 Å². The molecule has 4 heteroatoms. The minimum atomic E-state index is -3.05. The van der Waals surface area contributed by atoms with E-state index in [4.69, 9.17) is 11.6 Å². The van der Waals surface area contributed by atoms with Crippen LogP contribution in [0.25, 0.3) is 0 Å². The summed E-state index contributed by atoms with van der Waals surface area (Å²) in [6, 6.07) is 10.1. The number of hydrogen-bond acceptors (Lipinski definition) is 2. The van der Waals surface area contributed by atoms with E-state index in [2.05, 4.69) is 12.1 Å². The van der Waals surface area contributed by atoms with Crippen LogP contribution in [0.1, 0.15) is 32.8 Å². The highest BCUT2D eigenvalue weighted by molar-refractivity contribution is 7.92. The Morgan fingerprint density at radius 1 is 1.16 bits per heavy atom. The Labute approximate surface area is 122 Å². The largest absolute Gasteiger partial charge is 0.228 e. The minimum absolute atomic E-state index is 0.209. The highest BCUT2D eigenvalue weighted by Crippen LogP contribution is 2.21. The summed E-state index contributed by atoms with van der Waals surface area (Å²) in [4.78, 5) is 0. The summed E-state index contributed by atoms with van der Waals surface area (Å²) in [6.45, 7) is 5.24. The van der Waals surface area contributed by atoms with Gasteiger partial charge in [0, 0.05) is 5.88 Å². The normalized spacial score (nSPS) is 14.3. The molecule has 1 atom stereocenters. The molecule has 0 aliphatic rings. The van der Waals surface area contributed by atoms with Gasteiger partial charge < -0.3 is 0 Å². The Balaban J connectivity index is 2.60. The first kappa shape index (κ1) is 16.5. The fourth-order valence-electron chi connectivity index (χ4n) is 1.81. The van der Waals surface area contributed by atoms with Gasteiger partial charge in [-0.05, 0) is 45.1 Å². The molecule has 0 aliphatic carbocycles. The molecule has 1 rings (SSSR count). The molecule has 0 aromatic heterocycles. The van der Waals surface area contributed by atoms with Crippen molar-refractivity contribution < 1.29 is 8.42 Å². The average Bonchev–Trinajstić information content (AvgIpc) is 2.34. The van der Waals surface area contributed by atoms with Gasteiger partial charge in [0.1, 0.15) is 0 Å². The number of rotatable bonds is 6. The molecule has 0 heterocycles. The van der Waals surface area contributed by atoms with E-state index in [0.717, 1.165) is 6.42 Å². The summed E-state index contributed by atoms with van der Waals surface area (Å²) < 4.78 is 23.5. The number of sulfone groups is 1. The van der Waals surface area contributed by atoms with Gasteiger partial charge in [0.15, 0.2) is 9.84 Å². The van der Waals surface area contributed by atoms with Gasteiger partial charge in [-0.1, -0.05) is 30.3 Å². The predicted octanol–water partition coefficient (Wildman–Crippen LogP) is 3.69. The van der Waals surface area contributed by atoms with Gasteiger partial charge in [-0.3, -0.25) is 0 Å². The molecule has 0 radical (unpaired) electrons. The van der Waals surface area contributed by atoms with Crippen molar-refractivity contribution in [1.82, 2.24) is 0 Å². The van der Waals surface area contributed by atoms with Gasteiger partial charge in [0.2, 0.25) is 0 Å². The first-order valence-corrected chi connectivity index (χ1v) is 8.77. The number of benzene rings is 1. The maximum Gasteiger partial charge on any atom is 0.155 e. The topological polar surface area (TPSA) is 34.1 Å². The molecule has 2 nitrogen and oxygen atoms in total. The predicted molar refractivity (Wildman–Crippen MR) is 82.5 cm³/mol. The van der Waals surface area contributed by atoms with E-state index in [1.165, 1.54) is 5.56 Å². The van der Waals surface area contributed by atoms with Crippen molar-refractivity contribution in [2.75, 3.05) is 11.6 Å². The van der Waals surface area contributed by atoms with Gasteiger partial charge >= 0.3 is 0 Å². The smallest absolute Gasteiger partial charge is 0.155 e. The first-order chi connectivity index (χ1) is 8.76. The molecule has 0 N–H and O–H groups in total. The zero-order valence-corrected chi connectivity index (χ0v) is 13.5. The molecule has 0 amide bonds. The monoisotopic (exact) mass is 302 g/mol. The van der Waals surface area contributed by atoms with E-state index in [-0.39, 0.29) is 11.7 Å². The van der Waals surface area contributed by atoms with Crippen LogP contribution in [0, 0.1) is 5.92 Å². The van der Waals surface area contributed by atoms with Crippen LogP contribution in [0.5, 0.6) is 0 Å². The molecule has 0 saturated heterocycles. The second kappa shape index (κ2) is 6.76. The van der Waals surface area contributed by atoms with Crippen LogP contribution in [-0.2, 0) is 16.3 Å². The van der Waals surface area contributed by atoms with E-state index >= 15 is 0 Å². The standard InChI is InChI=1S/C15H23ClO2S/c1-15(2,3)19(17,18)10-9-14(12-16)11-13-7-5-4-6-8-13/h4-8,14H,9-12H2,1-3H3. The Bertz CT molecular complexity index is 475. The van der Waals surface area contributed by atoms with Crippen LogP contribution in [0.3, 0.4) is 0 Å². The SMILES string of the molecule is CC(C)(C)S(=O)(=O)CCC(CCl)Cc1ccccc1. The summed E-state index contributed by atoms with van der Waals surface area (Å²) in [5.74, 6) is 0.913. The van der Waals surface area contributed by atoms with Gasteiger partial charge in [-0.15, -0.1) is 11.6 Å². The van der Waals surface area contributed by atoms with E-state index in [1.807, 2.05) is 18.2 Å². The van der Waals surface area contributed by atoms with Crippen molar-refractivity contribution in [2.24, 2.45) is 5.92 Å². The van der Waals surface area contributed by atoms with Crippen LogP contribution in [0.15, 0.2) is 30.3 Å². The van der Waals surface area contributed by atoms with Crippen molar-refractivity contribution in [3.8, 4) is 0 Å². The maximum absolute atomic E-state index is 12.1. The highest BCUT2D eigenvalue weighted by Gasteiger charge is 2.29. The maximum atomic E-state index is 12.1. The quantitative estimate of drug-likeness (QED) is 0.751. The van der Waals surface area contributed by atoms with E-state index < -0.39 is 14.6 Å². The molecule has 19 heavy (non-hydrogen) atoms. The minimum Gasteiger partial charge on any atom is -0.228 e. The van der Waals surface area contributed by atoms with Gasteiger partial charge in [0.05, 0.1) is 10.5 Å². The summed E-state index contributed by atoms with van der Waals surface area (Å²) in [5, 5.41) is 0. The zero-order chi connectivity index (χ0) is 14.5. The van der Waals surface area contributed by atoms with Crippen molar-refractivity contribution >= 4 is 21.4 Å². The number of hydrogen-bond donors (Lipinski definition) is 0. The molecular formula is C15H23ClO2S. The number of halogens is 1. The van der Waals surface area contributed by atoms with Gasteiger partial charge in [-0.2, -0.15) is 0 Å². The lowest BCUT2D eigenvalue weighted by Gasteiger charge is -2.21. The van der Waals surface area contributed by atoms with E-state index in [1.54, 1.807) is 20.8 Å². The molecule has 0 saturated carbocycles. The lowest BCUT2D eigenvalue weighted by atomic mass is 9.99. The van der Waals surface area contributed by atoms with Crippen molar-refractivity contribution in [3.63, 3.8) is 0 Å². The van der Waals surface area contributed by atoms with Crippen molar-refractivity contribution in [2.45, 2.75) is 38.4 Å². The van der Waals surface area contributed by atoms with Crippen LogP contribution in [0.4, 0.5) is 0 Å². The zero-order valence-electron chi connectivity index (χ0n) is 11.9. The van der Waals surface area contributed by atoms with Crippen LogP contribution < -0.4 is 0 Å². The Hall–Kier alpha value is -0.540. The first-order valence-electron chi connectivity index (χ1n) is 6.58. The van der Waals surface area contributed by atoms with Crippen molar-refractivity contribution in [3.05, 3.63) is 35.9 Å². The van der Waals surface area contributed by atoms with E-state index in [9.17, 15) is 8.42 Å². The van der Waals surface area contributed by atoms with Crippen LogP contribution in [0.2, 0.25) is 0 Å². The summed E-state index contributed by atoms with van der Waals surface area (Å²) in [6.07, 6.45) is 1.46. The lowest BCUT2D eigenvalue weighted by Crippen LogP contribution is -2.31. The summed E-state index contributed by atoms with van der Waals surface area (Å²) in [5.41, 5.74) is 1.21. The van der Waals surface area contributed by atoms with Gasteiger partial charge in [0.25, 0.3) is 0 Å². The highest BCUT2D eigenvalue weighted by atomic mass is 35.5. The molecular weight excluding hydrogens is 280 g/mol. The Morgan fingerprint density at radius 3 is 2.21 bits per heavy atom. The third kappa shape index (κ3) is 5.15. The second-order valence-electron chi connectivity index (χ2n) is 5.93. The molecule has 1 aromatic carbocycles. The third-order valence-corrected chi connectivity index (χ3v) is 6.39. The second-order valence-corrected chi connectivity index (χ2v) is 9.10. The fourth-order valence-corrected chi connectivity index (χ4v) is 3.33. The molecule has 0 aliphatic heterocycles. The molecule has 1 aromatic rings. The summed E-state index contributed by atoms with van der Waals surface area (Å²) in [7, 11) is -3.05. The fraction of sp³-hybridized carbons (Fsp3) is 0.600. The summed E-state index contributed by atoms with van der Waals surface area (Å²) >= 11 is 5.97. The van der Waals surface area contributed by atoms with Crippen LogP contribution in [-0.4, -0.2) is 24.8 Å². The molecule has 108 valence electrons. The number of alkyl halides is 1. The van der Waals surface area contributed by atoms with Crippen molar-refractivity contribution in [1.29, 1.82) is 0 Å². The van der Waals surface area contributed by atoms with E-state index in [0.29, 0.717) is 12.3 Å². The lowest BCUT2D eigenvalue weighted by molar-refractivity contribution is 0.530. The molecule has 0 fully saturated rings. The molecule has 0 bridgehead atoms.